The van der Waals surface area contributed by atoms with Crippen molar-refractivity contribution in [3.8, 4) is 0 Å². The smallest absolute Gasteiger partial charge is 0.263 e. The Bertz CT molecular complexity index is 304. The van der Waals surface area contributed by atoms with E-state index in [0.717, 1.165) is 12.1 Å². The highest BCUT2D eigenvalue weighted by Gasteiger charge is 2.16. The molecule has 82 valence electrons. The Hall–Kier alpha value is -0.960. The van der Waals surface area contributed by atoms with E-state index in [1.807, 2.05) is 0 Å². The Labute approximate surface area is 88.5 Å². The zero-order valence-electron chi connectivity index (χ0n) is 8.55. The molecule has 0 aromatic heterocycles. The van der Waals surface area contributed by atoms with E-state index < -0.39 is 6.43 Å². The van der Waals surface area contributed by atoms with Crippen LogP contribution in [0.25, 0.3) is 0 Å². The summed E-state index contributed by atoms with van der Waals surface area (Å²) in [5.41, 5.74) is 1.17. The highest BCUT2D eigenvalue weighted by molar-refractivity contribution is 5.23. The summed E-state index contributed by atoms with van der Waals surface area (Å²) in [6, 6.07) is 7.19. The molecule has 0 radical (unpaired) electrons. The van der Waals surface area contributed by atoms with Crippen LogP contribution in [0, 0.1) is 0 Å². The fourth-order valence-electron chi connectivity index (χ4n) is 1.66. The standard InChI is InChI=1S/C12H15F2N/c13-12(14)10-6-4-9(5-7-10)8-15-11-2-1-3-11/h4-7,11-12,15H,1-3,8H2. The van der Waals surface area contributed by atoms with Crippen molar-refractivity contribution in [1.82, 2.24) is 5.32 Å². The molecule has 0 unspecified atom stereocenters. The Kier molecular flexibility index (Phi) is 3.31. The molecule has 1 fully saturated rings. The van der Waals surface area contributed by atoms with Gasteiger partial charge in [-0.1, -0.05) is 30.7 Å². The van der Waals surface area contributed by atoms with E-state index in [1.165, 1.54) is 31.4 Å². The molecule has 0 saturated heterocycles. The first-order chi connectivity index (χ1) is 7.25. The number of hydrogen-bond acceptors (Lipinski definition) is 1. The molecule has 0 amide bonds. The zero-order chi connectivity index (χ0) is 10.7. The van der Waals surface area contributed by atoms with Crippen LogP contribution in [0.15, 0.2) is 24.3 Å². The van der Waals surface area contributed by atoms with Crippen LogP contribution in [0.1, 0.15) is 36.8 Å². The van der Waals surface area contributed by atoms with E-state index >= 15 is 0 Å². The van der Waals surface area contributed by atoms with Gasteiger partial charge in [-0.25, -0.2) is 8.78 Å². The quantitative estimate of drug-likeness (QED) is 0.806. The van der Waals surface area contributed by atoms with Crippen LogP contribution in [-0.2, 0) is 6.54 Å². The van der Waals surface area contributed by atoms with Gasteiger partial charge in [0.25, 0.3) is 6.43 Å². The zero-order valence-corrected chi connectivity index (χ0v) is 8.55. The molecule has 3 heteroatoms. The van der Waals surface area contributed by atoms with Crippen LogP contribution >= 0.6 is 0 Å². The summed E-state index contributed by atoms with van der Waals surface area (Å²) < 4.78 is 24.5. The second-order valence-corrected chi connectivity index (χ2v) is 4.05. The number of hydrogen-bond donors (Lipinski definition) is 1. The van der Waals surface area contributed by atoms with Gasteiger partial charge >= 0.3 is 0 Å². The van der Waals surface area contributed by atoms with Gasteiger partial charge in [-0.05, 0) is 18.4 Å². The van der Waals surface area contributed by atoms with Gasteiger partial charge in [0.05, 0.1) is 0 Å². The predicted molar refractivity (Wildman–Crippen MR) is 55.9 cm³/mol. The average Bonchev–Trinajstić information content (AvgIpc) is 2.16. The van der Waals surface area contributed by atoms with E-state index in [0.29, 0.717) is 6.04 Å². The molecule has 1 aromatic rings. The lowest BCUT2D eigenvalue weighted by atomic mass is 9.93. The van der Waals surface area contributed by atoms with Crippen molar-refractivity contribution >= 4 is 0 Å². The molecule has 0 spiro atoms. The normalized spacial score (nSPS) is 16.7. The van der Waals surface area contributed by atoms with Crippen molar-refractivity contribution in [3.63, 3.8) is 0 Å². The van der Waals surface area contributed by atoms with Crippen LogP contribution in [0.5, 0.6) is 0 Å². The van der Waals surface area contributed by atoms with Gasteiger partial charge in [-0.3, -0.25) is 0 Å². The van der Waals surface area contributed by atoms with Crippen LogP contribution in [-0.4, -0.2) is 6.04 Å². The van der Waals surface area contributed by atoms with E-state index in [4.69, 9.17) is 0 Å². The molecule has 1 nitrogen and oxygen atoms in total. The van der Waals surface area contributed by atoms with Crippen molar-refractivity contribution in [1.29, 1.82) is 0 Å². The second-order valence-electron chi connectivity index (χ2n) is 4.05. The monoisotopic (exact) mass is 211 g/mol. The summed E-state index contributed by atoms with van der Waals surface area (Å²) in [6.07, 6.45) is 1.44. The van der Waals surface area contributed by atoms with Gasteiger partial charge in [0.2, 0.25) is 0 Å². The average molecular weight is 211 g/mol. The van der Waals surface area contributed by atoms with Gasteiger partial charge in [-0.15, -0.1) is 0 Å². The number of nitrogens with one attached hydrogen (secondary N) is 1. The molecule has 0 atom stereocenters. The Morgan fingerprint density at radius 1 is 1.20 bits per heavy atom. The molecule has 2 rings (SSSR count). The van der Waals surface area contributed by atoms with Gasteiger partial charge in [-0.2, -0.15) is 0 Å². The SMILES string of the molecule is FC(F)c1ccc(CNC2CCC2)cc1. The van der Waals surface area contributed by atoms with Crippen molar-refractivity contribution < 1.29 is 8.78 Å². The Morgan fingerprint density at radius 3 is 2.33 bits per heavy atom. The number of rotatable bonds is 4. The van der Waals surface area contributed by atoms with Crippen LogP contribution in [0.3, 0.4) is 0 Å². The van der Waals surface area contributed by atoms with E-state index in [9.17, 15) is 8.78 Å². The third kappa shape index (κ3) is 2.75. The molecule has 0 bridgehead atoms. The maximum Gasteiger partial charge on any atom is 0.263 e. The summed E-state index contributed by atoms with van der Waals surface area (Å²) in [5.74, 6) is 0. The molecule has 1 aliphatic carbocycles. The summed E-state index contributed by atoms with van der Waals surface area (Å²) in [6.45, 7) is 0.786. The lowest BCUT2D eigenvalue weighted by Gasteiger charge is -2.26. The third-order valence-electron chi connectivity index (χ3n) is 2.93. The Morgan fingerprint density at radius 2 is 1.87 bits per heavy atom. The molecule has 0 aliphatic heterocycles. The highest BCUT2D eigenvalue weighted by atomic mass is 19.3. The fourth-order valence-corrected chi connectivity index (χ4v) is 1.66. The first-order valence-corrected chi connectivity index (χ1v) is 5.36. The molecule has 1 aromatic carbocycles. The van der Waals surface area contributed by atoms with Gasteiger partial charge < -0.3 is 5.32 Å². The first-order valence-electron chi connectivity index (χ1n) is 5.36. The number of alkyl halides is 2. The third-order valence-corrected chi connectivity index (χ3v) is 2.93. The molecule has 15 heavy (non-hydrogen) atoms. The van der Waals surface area contributed by atoms with Crippen molar-refractivity contribution in [2.24, 2.45) is 0 Å². The summed E-state index contributed by atoms with van der Waals surface area (Å²) >= 11 is 0. The van der Waals surface area contributed by atoms with Gasteiger partial charge in [0.15, 0.2) is 0 Å². The van der Waals surface area contributed by atoms with E-state index in [1.54, 1.807) is 12.1 Å². The van der Waals surface area contributed by atoms with E-state index in [-0.39, 0.29) is 5.56 Å². The predicted octanol–water partition coefficient (Wildman–Crippen LogP) is 3.27. The van der Waals surface area contributed by atoms with Gasteiger partial charge in [0.1, 0.15) is 0 Å². The number of benzene rings is 1. The first kappa shape index (κ1) is 10.6. The maximum absolute atomic E-state index is 12.3. The van der Waals surface area contributed by atoms with E-state index in [2.05, 4.69) is 5.32 Å². The minimum absolute atomic E-state index is 0.0994. The topological polar surface area (TPSA) is 12.0 Å². The lowest BCUT2D eigenvalue weighted by molar-refractivity contribution is 0.151. The molecule has 1 aliphatic rings. The molecular formula is C12H15F2N. The minimum atomic E-state index is -2.36. The summed E-state index contributed by atoms with van der Waals surface area (Å²) in [5, 5.41) is 3.40. The minimum Gasteiger partial charge on any atom is -0.310 e. The largest absolute Gasteiger partial charge is 0.310 e. The van der Waals surface area contributed by atoms with Crippen LogP contribution in [0.2, 0.25) is 0 Å². The lowest BCUT2D eigenvalue weighted by Crippen LogP contribution is -2.34. The number of halogens is 2. The molecular weight excluding hydrogens is 196 g/mol. The molecule has 1 N–H and O–H groups in total. The summed E-state index contributed by atoms with van der Waals surface area (Å²) in [4.78, 5) is 0. The highest BCUT2D eigenvalue weighted by Crippen LogP contribution is 2.20. The van der Waals surface area contributed by atoms with Crippen LogP contribution in [0.4, 0.5) is 8.78 Å². The Balaban J connectivity index is 1.86. The van der Waals surface area contributed by atoms with Gasteiger partial charge in [0, 0.05) is 18.2 Å². The van der Waals surface area contributed by atoms with Crippen molar-refractivity contribution in [3.05, 3.63) is 35.4 Å². The van der Waals surface area contributed by atoms with Crippen molar-refractivity contribution in [2.75, 3.05) is 0 Å². The fraction of sp³-hybridized carbons (Fsp3) is 0.500. The molecule has 1 saturated carbocycles. The second kappa shape index (κ2) is 4.71. The van der Waals surface area contributed by atoms with Crippen molar-refractivity contribution in [2.45, 2.75) is 38.3 Å². The van der Waals surface area contributed by atoms with Crippen LogP contribution < -0.4 is 5.32 Å². The summed E-state index contributed by atoms with van der Waals surface area (Å²) in [7, 11) is 0. The molecule has 0 heterocycles. The maximum atomic E-state index is 12.3.